The van der Waals surface area contributed by atoms with Crippen molar-refractivity contribution in [3.05, 3.63) is 42.1 Å². The van der Waals surface area contributed by atoms with Crippen LogP contribution in [-0.4, -0.2) is 72.9 Å². The van der Waals surface area contributed by atoms with Crippen LogP contribution < -0.4 is 19.9 Å². The first-order valence-corrected chi connectivity index (χ1v) is 12.4. The zero-order valence-electron chi connectivity index (χ0n) is 20.8. The summed E-state index contributed by atoms with van der Waals surface area (Å²) in [4.78, 5) is 22.6. The molecule has 3 aliphatic rings. The van der Waals surface area contributed by atoms with Crippen LogP contribution in [0.5, 0.6) is 5.75 Å². The summed E-state index contributed by atoms with van der Waals surface area (Å²) in [5.74, 6) is 0.00718. The normalized spacial score (nSPS) is 20.3. The molecule has 0 bridgehead atoms. The van der Waals surface area contributed by atoms with E-state index < -0.39 is 17.3 Å². The van der Waals surface area contributed by atoms with Gasteiger partial charge in [-0.15, -0.1) is 0 Å². The maximum Gasteiger partial charge on any atom is 0.420 e. The fourth-order valence-corrected chi connectivity index (χ4v) is 5.39. The fraction of sp³-hybridized carbons (Fsp3) is 0.480. The van der Waals surface area contributed by atoms with Gasteiger partial charge in [0.25, 0.3) is 5.91 Å². The van der Waals surface area contributed by atoms with Crippen molar-refractivity contribution >= 4 is 40.4 Å². The molecule has 1 N–H and O–H groups in total. The number of benzene rings is 1. The van der Waals surface area contributed by atoms with Crippen LogP contribution in [0.4, 0.5) is 30.4 Å². The van der Waals surface area contributed by atoms with Crippen LogP contribution in [0.25, 0.3) is 0 Å². The Morgan fingerprint density at radius 3 is 2.35 bits per heavy atom. The molecule has 2 aromatic rings. The molecule has 8 nitrogen and oxygen atoms in total. The number of rotatable bonds is 7. The molecule has 2 saturated heterocycles. The predicted molar refractivity (Wildman–Crippen MR) is 137 cm³/mol. The molecule has 1 saturated carbocycles. The van der Waals surface area contributed by atoms with Crippen LogP contribution in [0.15, 0.2) is 36.5 Å². The number of aromatic nitrogens is 1. The molecule has 1 spiro atoms. The molecule has 2 aliphatic heterocycles. The summed E-state index contributed by atoms with van der Waals surface area (Å²) in [5, 5.41) is 2.58. The minimum absolute atomic E-state index is 0.00763. The van der Waals surface area contributed by atoms with E-state index in [1.807, 2.05) is 38.4 Å². The third kappa shape index (κ3) is 4.11. The third-order valence-corrected chi connectivity index (χ3v) is 7.92. The van der Waals surface area contributed by atoms with Gasteiger partial charge in [-0.25, -0.2) is 4.98 Å². The van der Waals surface area contributed by atoms with Crippen molar-refractivity contribution in [2.45, 2.75) is 36.5 Å². The van der Waals surface area contributed by atoms with Crippen molar-refractivity contribution in [1.29, 1.82) is 0 Å². The lowest BCUT2D eigenvalue weighted by atomic mass is 9.75. The number of nitrogens with one attached hydrogen (secondary N) is 1. The van der Waals surface area contributed by atoms with Gasteiger partial charge in [0.15, 0.2) is 5.11 Å². The molecule has 1 aromatic carbocycles. The highest BCUT2D eigenvalue weighted by molar-refractivity contribution is 7.81. The van der Waals surface area contributed by atoms with E-state index in [4.69, 9.17) is 21.7 Å². The van der Waals surface area contributed by atoms with E-state index in [0.29, 0.717) is 44.1 Å². The van der Waals surface area contributed by atoms with Crippen LogP contribution in [0.1, 0.15) is 24.8 Å². The highest BCUT2D eigenvalue weighted by Gasteiger charge is 2.59. The van der Waals surface area contributed by atoms with Gasteiger partial charge in [-0.3, -0.25) is 14.6 Å². The van der Waals surface area contributed by atoms with E-state index in [1.165, 1.54) is 18.1 Å². The average Bonchev–Trinajstić information content (AvgIpc) is 3.04. The largest absolute Gasteiger partial charge is 0.491 e. The average molecular weight is 536 g/mol. The minimum atomic E-state index is -4.65. The molecule has 0 unspecified atom stereocenters. The first kappa shape index (κ1) is 25.7. The second-order valence-electron chi connectivity index (χ2n) is 9.88. The number of hydrogen-bond acceptors (Lipinski definition) is 7. The molecule has 5 rings (SSSR count). The first-order valence-electron chi connectivity index (χ1n) is 11.9. The number of carbonyl (C=O) groups is 1. The monoisotopic (exact) mass is 535 g/mol. The van der Waals surface area contributed by atoms with Crippen LogP contribution in [0.3, 0.4) is 0 Å². The number of nitrogens with zero attached hydrogens (tertiary/aromatic N) is 4. The maximum absolute atomic E-state index is 13.7. The Labute approximate surface area is 218 Å². The molecule has 12 heteroatoms. The Morgan fingerprint density at radius 2 is 1.86 bits per heavy atom. The van der Waals surface area contributed by atoms with Crippen LogP contribution >= 0.6 is 12.2 Å². The lowest BCUT2D eigenvalue weighted by molar-refractivity contribution is -0.141. The van der Waals surface area contributed by atoms with E-state index in [2.05, 4.69) is 15.2 Å². The maximum atomic E-state index is 13.7. The minimum Gasteiger partial charge on any atom is -0.491 e. The number of carbonyl (C=O) groups excluding carboxylic acids is 1. The molecule has 1 amide bonds. The summed E-state index contributed by atoms with van der Waals surface area (Å²) in [6.07, 6.45) is -1.48. The molecule has 37 heavy (non-hydrogen) atoms. The van der Waals surface area contributed by atoms with Gasteiger partial charge in [0, 0.05) is 12.7 Å². The summed E-state index contributed by atoms with van der Waals surface area (Å²) < 4.78 is 52.4. The van der Waals surface area contributed by atoms with Crippen LogP contribution in [-0.2, 0) is 15.7 Å². The summed E-state index contributed by atoms with van der Waals surface area (Å²) in [6.45, 7) is 1.66. The number of halogens is 3. The van der Waals surface area contributed by atoms with Crippen molar-refractivity contribution in [3.63, 3.8) is 0 Å². The highest BCUT2D eigenvalue weighted by atomic mass is 32.1. The van der Waals surface area contributed by atoms with E-state index in [-0.39, 0.29) is 28.1 Å². The number of hydrogen-bond donors (Lipinski definition) is 1. The van der Waals surface area contributed by atoms with Gasteiger partial charge < -0.3 is 19.7 Å². The molecule has 1 aromatic heterocycles. The number of amides is 1. The Kier molecular flexibility index (Phi) is 6.32. The number of anilines is 3. The molecule has 3 heterocycles. The van der Waals surface area contributed by atoms with Gasteiger partial charge in [0.05, 0.1) is 30.7 Å². The van der Waals surface area contributed by atoms with Gasteiger partial charge in [0.1, 0.15) is 29.3 Å². The summed E-state index contributed by atoms with van der Waals surface area (Å²) in [5.41, 5.74) is -1.37. The standard InChI is InChI=1S/C25H28F3N5O3S/c1-29-20-19(25(26,27)28)11-17(12-30-20)32-21(34)24(9-4-10-24)33(22(32)37)16-5-7-18(8-6-16)36-15-23(31(2)3)13-35-14-23/h5-8,11-12H,4,9-10,13-15H2,1-3H3,(H,29,30). The Bertz CT molecular complexity index is 1210. The van der Waals surface area contributed by atoms with Crippen LogP contribution in [0, 0.1) is 0 Å². The Hall–Kier alpha value is -2.96. The number of likely N-dealkylation sites (N-methyl/N-ethyl adjacent to an activating group) is 1. The highest BCUT2D eigenvalue weighted by Crippen LogP contribution is 2.48. The quantitative estimate of drug-likeness (QED) is 0.536. The number of alkyl halides is 3. The van der Waals surface area contributed by atoms with Crippen molar-refractivity contribution in [3.8, 4) is 5.75 Å². The van der Waals surface area contributed by atoms with Crippen molar-refractivity contribution in [2.75, 3.05) is 56.1 Å². The van der Waals surface area contributed by atoms with Crippen molar-refractivity contribution in [2.24, 2.45) is 0 Å². The lowest BCUT2D eigenvalue weighted by Gasteiger charge is -2.46. The molecule has 0 atom stereocenters. The van der Waals surface area contributed by atoms with E-state index in [1.54, 1.807) is 4.90 Å². The molecule has 3 fully saturated rings. The zero-order chi connectivity index (χ0) is 26.6. The summed E-state index contributed by atoms with van der Waals surface area (Å²) in [7, 11) is 5.34. The molecule has 198 valence electrons. The van der Waals surface area contributed by atoms with E-state index in [9.17, 15) is 18.0 Å². The molecule has 0 radical (unpaired) electrons. The third-order valence-electron chi connectivity index (χ3n) is 7.56. The van der Waals surface area contributed by atoms with Crippen LogP contribution in [0.2, 0.25) is 0 Å². The van der Waals surface area contributed by atoms with Gasteiger partial charge in [-0.05, 0) is 75.9 Å². The molecular weight excluding hydrogens is 507 g/mol. The SMILES string of the molecule is CNc1ncc(N2C(=O)C3(CCC3)N(c3ccc(OCC4(N(C)C)COC4)cc3)C2=S)cc1C(F)(F)F. The van der Waals surface area contributed by atoms with Gasteiger partial charge in [0.2, 0.25) is 0 Å². The van der Waals surface area contributed by atoms with Gasteiger partial charge in [-0.1, -0.05) is 0 Å². The van der Waals surface area contributed by atoms with Crippen molar-refractivity contribution in [1.82, 2.24) is 9.88 Å². The predicted octanol–water partition coefficient (Wildman–Crippen LogP) is 3.91. The molecule has 1 aliphatic carbocycles. The fourth-order valence-electron chi connectivity index (χ4n) is 4.92. The van der Waals surface area contributed by atoms with Crippen molar-refractivity contribution < 1.29 is 27.4 Å². The Morgan fingerprint density at radius 1 is 1.19 bits per heavy atom. The topological polar surface area (TPSA) is 70.2 Å². The van der Waals surface area contributed by atoms with E-state index >= 15 is 0 Å². The number of ether oxygens (including phenoxy) is 2. The summed E-state index contributed by atoms with van der Waals surface area (Å²) in [6, 6.07) is 8.18. The zero-order valence-corrected chi connectivity index (χ0v) is 21.6. The van der Waals surface area contributed by atoms with Gasteiger partial charge in [-0.2, -0.15) is 13.2 Å². The summed E-state index contributed by atoms with van der Waals surface area (Å²) >= 11 is 5.69. The Balaban J connectivity index is 1.42. The molecular formula is C25H28F3N5O3S. The number of pyridine rings is 1. The number of thiocarbonyl (C=S) groups is 1. The second kappa shape index (κ2) is 9.10. The second-order valence-corrected chi connectivity index (χ2v) is 10.2. The van der Waals surface area contributed by atoms with E-state index in [0.717, 1.165) is 12.5 Å². The first-order chi connectivity index (χ1) is 17.5. The smallest absolute Gasteiger partial charge is 0.420 e. The van der Waals surface area contributed by atoms with Gasteiger partial charge >= 0.3 is 6.18 Å². The lowest BCUT2D eigenvalue weighted by Crippen LogP contribution is -2.63.